The van der Waals surface area contributed by atoms with E-state index < -0.39 is 0 Å². The molecule has 1 nitrogen and oxygen atoms in total. The number of hydrogen-bond acceptors (Lipinski definition) is 2. The summed E-state index contributed by atoms with van der Waals surface area (Å²) < 4.78 is 1.28. The molecule has 0 aliphatic rings. The number of nitrogens with one attached hydrogen (secondary N) is 1. The van der Waals surface area contributed by atoms with Crippen molar-refractivity contribution in [3.05, 3.63) is 34.2 Å². The molecule has 0 saturated heterocycles. The molecule has 1 heterocycles. The molecule has 0 aliphatic heterocycles. The molecular formula is C12H14ClNS. The Balaban J connectivity index is 2.30. The number of benzene rings is 1. The van der Waals surface area contributed by atoms with E-state index in [9.17, 15) is 0 Å². The Morgan fingerprint density at radius 3 is 2.93 bits per heavy atom. The van der Waals surface area contributed by atoms with Crippen LogP contribution in [0.5, 0.6) is 0 Å². The molecule has 0 fully saturated rings. The summed E-state index contributed by atoms with van der Waals surface area (Å²) in [7, 11) is 1.99. The summed E-state index contributed by atoms with van der Waals surface area (Å²) in [6.07, 6.45) is 1.08. The lowest BCUT2D eigenvalue weighted by atomic mass is 10.2. The zero-order chi connectivity index (χ0) is 10.8. The first-order valence-corrected chi connectivity index (χ1v) is 6.23. The van der Waals surface area contributed by atoms with Crippen LogP contribution in [0, 0.1) is 0 Å². The van der Waals surface area contributed by atoms with Crippen LogP contribution in [0.3, 0.4) is 0 Å². The molecule has 0 saturated carbocycles. The second kappa shape index (κ2) is 4.52. The first-order valence-electron chi connectivity index (χ1n) is 5.04. The second-order valence-electron chi connectivity index (χ2n) is 3.79. The molecule has 3 heteroatoms. The van der Waals surface area contributed by atoms with Crippen LogP contribution >= 0.6 is 22.9 Å². The van der Waals surface area contributed by atoms with Crippen molar-refractivity contribution in [2.24, 2.45) is 0 Å². The third kappa shape index (κ3) is 2.51. The molecule has 1 atom stereocenters. The Labute approximate surface area is 99.1 Å². The zero-order valence-corrected chi connectivity index (χ0v) is 10.5. The molecular weight excluding hydrogens is 226 g/mol. The number of fused-ring (bicyclic) bond motifs is 1. The van der Waals surface area contributed by atoms with Gasteiger partial charge in [-0.1, -0.05) is 17.7 Å². The highest BCUT2D eigenvalue weighted by Crippen LogP contribution is 2.28. The van der Waals surface area contributed by atoms with E-state index in [1.54, 1.807) is 0 Å². The highest BCUT2D eigenvalue weighted by molar-refractivity contribution is 7.19. The van der Waals surface area contributed by atoms with Gasteiger partial charge in [-0.25, -0.2) is 0 Å². The quantitative estimate of drug-likeness (QED) is 0.861. The van der Waals surface area contributed by atoms with E-state index in [-0.39, 0.29) is 0 Å². The highest BCUT2D eigenvalue weighted by Gasteiger charge is 2.05. The van der Waals surface area contributed by atoms with Gasteiger partial charge >= 0.3 is 0 Å². The lowest BCUT2D eigenvalue weighted by molar-refractivity contribution is 0.613. The van der Waals surface area contributed by atoms with E-state index in [1.807, 2.05) is 30.5 Å². The molecule has 1 unspecified atom stereocenters. The summed E-state index contributed by atoms with van der Waals surface area (Å²) in [6, 6.07) is 8.84. The van der Waals surface area contributed by atoms with Crippen LogP contribution < -0.4 is 5.32 Å². The third-order valence-corrected chi connectivity index (χ3v) is 3.89. The highest BCUT2D eigenvalue weighted by atomic mass is 35.5. The van der Waals surface area contributed by atoms with Crippen molar-refractivity contribution in [3.8, 4) is 0 Å². The van der Waals surface area contributed by atoms with Crippen molar-refractivity contribution >= 4 is 33.0 Å². The minimum absolute atomic E-state index is 0.522. The van der Waals surface area contributed by atoms with Gasteiger partial charge in [0.2, 0.25) is 0 Å². The van der Waals surface area contributed by atoms with Crippen LogP contribution in [0.15, 0.2) is 24.3 Å². The standard InChI is InChI=1S/C12H14ClNS/c1-8(14-2)5-11-6-9-3-4-10(13)7-12(9)15-11/h3-4,6-8,14H,5H2,1-2H3. The van der Waals surface area contributed by atoms with E-state index >= 15 is 0 Å². The number of rotatable bonds is 3. The van der Waals surface area contributed by atoms with Gasteiger partial charge in [0.25, 0.3) is 0 Å². The largest absolute Gasteiger partial charge is 0.317 e. The van der Waals surface area contributed by atoms with Gasteiger partial charge in [0.05, 0.1) is 0 Å². The van der Waals surface area contributed by atoms with Crippen molar-refractivity contribution in [1.82, 2.24) is 5.32 Å². The van der Waals surface area contributed by atoms with Crippen LogP contribution in [-0.2, 0) is 6.42 Å². The van der Waals surface area contributed by atoms with E-state index in [0.717, 1.165) is 11.4 Å². The van der Waals surface area contributed by atoms with Crippen LogP contribution in [0.2, 0.25) is 5.02 Å². The summed E-state index contributed by atoms with van der Waals surface area (Å²) in [5, 5.41) is 5.36. The Hall–Kier alpha value is -0.570. The molecule has 80 valence electrons. The summed E-state index contributed by atoms with van der Waals surface area (Å²) in [5.41, 5.74) is 0. The van der Waals surface area contributed by atoms with Crippen molar-refractivity contribution in [2.75, 3.05) is 7.05 Å². The van der Waals surface area contributed by atoms with Gasteiger partial charge in [-0.3, -0.25) is 0 Å². The third-order valence-electron chi connectivity index (χ3n) is 2.53. The Bertz CT molecular complexity index is 464. The molecule has 2 rings (SSSR count). The fraction of sp³-hybridized carbons (Fsp3) is 0.333. The lowest BCUT2D eigenvalue weighted by Gasteiger charge is -2.06. The monoisotopic (exact) mass is 239 g/mol. The fourth-order valence-corrected chi connectivity index (χ4v) is 3.03. The van der Waals surface area contributed by atoms with Gasteiger partial charge in [0, 0.05) is 20.6 Å². The molecule has 2 aromatic rings. The summed E-state index contributed by atoms with van der Waals surface area (Å²) >= 11 is 7.79. The van der Waals surface area contributed by atoms with Crippen molar-refractivity contribution in [1.29, 1.82) is 0 Å². The molecule has 0 aliphatic carbocycles. The minimum Gasteiger partial charge on any atom is -0.317 e. The van der Waals surface area contributed by atoms with Gasteiger partial charge in [0.1, 0.15) is 0 Å². The van der Waals surface area contributed by atoms with Gasteiger partial charge in [0.15, 0.2) is 0 Å². The van der Waals surface area contributed by atoms with Crippen LogP contribution in [-0.4, -0.2) is 13.1 Å². The number of hydrogen-bond donors (Lipinski definition) is 1. The Morgan fingerprint density at radius 1 is 1.40 bits per heavy atom. The van der Waals surface area contributed by atoms with Crippen molar-refractivity contribution < 1.29 is 0 Å². The first kappa shape index (κ1) is 10.9. The predicted molar refractivity (Wildman–Crippen MR) is 69.1 cm³/mol. The Kier molecular flexibility index (Phi) is 3.29. The van der Waals surface area contributed by atoms with Gasteiger partial charge < -0.3 is 5.32 Å². The number of likely N-dealkylation sites (N-methyl/N-ethyl adjacent to an activating group) is 1. The van der Waals surface area contributed by atoms with E-state index in [4.69, 9.17) is 11.6 Å². The summed E-state index contributed by atoms with van der Waals surface area (Å²) in [4.78, 5) is 1.41. The molecule has 1 aromatic carbocycles. The number of halogens is 1. The smallest absolute Gasteiger partial charge is 0.0420 e. The van der Waals surface area contributed by atoms with Gasteiger partial charge in [-0.15, -0.1) is 11.3 Å². The molecule has 1 aromatic heterocycles. The van der Waals surface area contributed by atoms with Crippen LogP contribution in [0.4, 0.5) is 0 Å². The second-order valence-corrected chi connectivity index (χ2v) is 5.39. The maximum Gasteiger partial charge on any atom is 0.0420 e. The molecule has 0 spiro atoms. The maximum absolute atomic E-state index is 5.96. The maximum atomic E-state index is 5.96. The van der Waals surface area contributed by atoms with Crippen LogP contribution in [0.25, 0.3) is 10.1 Å². The van der Waals surface area contributed by atoms with Crippen LogP contribution in [0.1, 0.15) is 11.8 Å². The molecule has 0 bridgehead atoms. The lowest BCUT2D eigenvalue weighted by Crippen LogP contribution is -2.22. The SMILES string of the molecule is CNC(C)Cc1cc2ccc(Cl)cc2s1. The van der Waals surface area contributed by atoms with E-state index in [1.165, 1.54) is 15.0 Å². The minimum atomic E-state index is 0.522. The average Bonchev–Trinajstić information content (AvgIpc) is 2.59. The molecule has 15 heavy (non-hydrogen) atoms. The van der Waals surface area contributed by atoms with Gasteiger partial charge in [-0.2, -0.15) is 0 Å². The van der Waals surface area contributed by atoms with Gasteiger partial charge in [-0.05, 0) is 44.0 Å². The summed E-state index contributed by atoms with van der Waals surface area (Å²) in [6.45, 7) is 2.19. The predicted octanol–water partition coefficient (Wildman–Crippen LogP) is 3.71. The molecule has 0 radical (unpaired) electrons. The fourth-order valence-electron chi connectivity index (χ4n) is 1.56. The average molecular weight is 240 g/mol. The first-order chi connectivity index (χ1) is 7.19. The van der Waals surface area contributed by atoms with Crippen molar-refractivity contribution in [3.63, 3.8) is 0 Å². The van der Waals surface area contributed by atoms with E-state index in [2.05, 4.69) is 24.4 Å². The Morgan fingerprint density at radius 2 is 2.20 bits per heavy atom. The topological polar surface area (TPSA) is 12.0 Å². The zero-order valence-electron chi connectivity index (χ0n) is 8.88. The molecule has 1 N–H and O–H groups in total. The number of thiophene rings is 1. The normalized spacial score (nSPS) is 13.3. The van der Waals surface area contributed by atoms with Crippen molar-refractivity contribution in [2.45, 2.75) is 19.4 Å². The summed E-state index contributed by atoms with van der Waals surface area (Å²) in [5.74, 6) is 0. The molecule has 0 amide bonds. The van der Waals surface area contributed by atoms with E-state index in [0.29, 0.717) is 6.04 Å².